The fourth-order valence-electron chi connectivity index (χ4n) is 1.78. The second kappa shape index (κ2) is 9.83. The first-order chi connectivity index (χ1) is 8.11. The molecule has 104 valence electrons. The van der Waals surface area contributed by atoms with Gasteiger partial charge in [-0.1, -0.05) is 13.8 Å². The monoisotopic (exact) mass is 246 g/mol. The fourth-order valence-corrected chi connectivity index (χ4v) is 1.78. The molecule has 1 unspecified atom stereocenters. The van der Waals surface area contributed by atoms with Crippen molar-refractivity contribution in [3.8, 4) is 0 Å². The number of rotatable bonds is 11. The van der Waals surface area contributed by atoms with E-state index in [1.165, 1.54) is 0 Å². The summed E-state index contributed by atoms with van der Waals surface area (Å²) in [6.45, 7) is 9.83. The summed E-state index contributed by atoms with van der Waals surface area (Å²) in [4.78, 5) is 2.43. The SMILES string of the molecule is CCC(C)(CN)CN(CCCOC)CCOC. The molecule has 2 N–H and O–H groups in total. The van der Waals surface area contributed by atoms with Crippen molar-refractivity contribution in [1.29, 1.82) is 0 Å². The third-order valence-electron chi connectivity index (χ3n) is 3.39. The highest BCUT2D eigenvalue weighted by atomic mass is 16.5. The third kappa shape index (κ3) is 7.71. The van der Waals surface area contributed by atoms with Gasteiger partial charge in [-0.25, -0.2) is 0 Å². The lowest BCUT2D eigenvalue weighted by atomic mass is 9.87. The van der Waals surface area contributed by atoms with Crippen LogP contribution in [-0.2, 0) is 9.47 Å². The zero-order valence-corrected chi connectivity index (χ0v) is 12.0. The molecule has 0 aromatic heterocycles. The Morgan fingerprint density at radius 1 is 1.12 bits per heavy atom. The summed E-state index contributed by atoms with van der Waals surface area (Å²) >= 11 is 0. The van der Waals surface area contributed by atoms with E-state index in [-0.39, 0.29) is 5.41 Å². The van der Waals surface area contributed by atoms with Gasteiger partial charge in [0.2, 0.25) is 0 Å². The molecule has 0 aliphatic rings. The molecule has 0 bridgehead atoms. The van der Waals surface area contributed by atoms with Crippen molar-refractivity contribution in [2.24, 2.45) is 11.1 Å². The molecule has 0 fully saturated rings. The highest BCUT2D eigenvalue weighted by Gasteiger charge is 2.23. The summed E-state index contributed by atoms with van der Waals surface area (Å²) in [5.74, 6) is 0. The number of nitrogens with two attached hydrogens (primary N) is 1. The lowest BCUT2D eigenvalue weighted by Gasteiger charge is -2.34. The van der Waals surface area contributed by atoms with Crippen LogP contribution in [0.4, 0.5) is 0 Å². The van der Waals surface area contributed by atoms with E-state index in [9.17, 15) is 0 Å². The van der Waals surface area contributed by atoms with E-state index in [0.717, 1.165) is 52.2 Å². The van der Waals surface area contributed by atoms with Crippen LogP contribution < -0.4 is 5.73 Å². The van der Waals surface area contributed by atoms with Crippen molar-refractivity contribution in [2.45, 2.75) is 26.7 Å². The second-order valence-electron chi connectivity index (χ2n) is 4.98. The smallest absolute Gasteiger partial charge is 0.0589 e. The maximum absolute atomic E-state index is 5.87. The largest absolute Gasteiger partial charge is 0.385 e. The van der Waals surface area contributed by atoms with Crippen LogP contribution in [0.25, 0.3) is 0 Å². The molecule has 0 aromatic carbocycles. The van der Waals surface area contributed by atoms with Gasteiger partial charge in [-0.2, -0.15) is 0 Å². The van der Waals surface area contributed by atoms with Crippen molar-refractivity contribution in [2.75, 3.05) is 53.6 Å². The Hall–Kier alpha value is -0.160. The first kappa shape index (κ1) is 16.8. The minimum Gasteiger partial charge on any atom is -0.385 e. The standard InChI is InChI=1S/C13H30N2O2/c1-5-13(2,11-14)12-15(8-10-17-4)7-6-9-16-3/h5-12,14H2,1-4H3. The molecule has 0 aromatic rings. The quantitative estimate of drug-likeness (QED) is 0.559. The topological polar surface area (TPSA) is 47.7 Å². The summed E-state index contributed by atoms with van der Waals surface area (Å²) in [6.07, 6.45) is 2.17. The predicted octanol–water partition coefficient (Wildman–Crippen LogP) is 1.35. The maximum atomic E-state index is 5.87. The van der Waals surface area contributed by atoms with Gasteiger partial charge in [0.05, 0.1) is 6.61 Å². The third-order valence-corrected chi connectivity index (χ3v) is 3.39. The van der Waals surface area contributed by atoms with Crippen molar-refractivity contribution in [3.05, 3.63) is 0 Å². The van der Waals surface area contributed by atoms with Crippen molar-refractivity contribution >= 4 is 0 Å². The minimum absolute atomic E-state index is 0.209. The number of hydrogen-bond acceptors (Lipinski definition) is 4. The van der Waals surface area contributed by atoms with E-state index in [0.29, 0.717) is 0 Å². The summed E-state index contributed by atoms with van der Waals surface area (Å²) < 4.78 is 10.3. The Bertz CT molecular complexity index is 173. The number of ether oxygens (including phenoxy) is 2. The van der Waals surface area contributed by atoms with Gasteiger partial charge in [0.1, 0.15) is 0 Å². The Morgan fingerprint density at radius 3 is 2.24 bits per heavy atom. The van der Waals surface area contributed by atoms with Crippen LogP contribution in [0.1, 0.15) is 26.7 Å². The van der Waals surface area contributed by atoms with E-state index in [1.807, 2.05) is 0 Å². The molecule has 0 aliphatic heterocycles. The van der Waals surface area contributed by atoms with Crippen LogP contribution in [0.2, 0.25) is 0 Å². The highest BCUT2D eigenvalue weighted by molar-refractivity contribution is 4.78. The first-order valence-electron chi connectivity index (χ1n) is 6.52. The van der Waals surface area contributed by atoms with Crippen LogP contribution in [0, 0.1) is 5.41 Å². The Kier molecular flexibility index (Phi) is 9.74. The molecule has 0 aliphatic carbocycles. The summed E-state index contributed by atoms with van der Waals surface area (Å²) in [5, 5.41) is 0. The maximum Gasteiger partial charge on any atom is 0.0589 e. The lowest BCUT2D eigenvalue weighted by molar-refractivity contribution is 0.101. The van der Waals surface area contributed by atoms with Gasteiger partial charge in [0, 0.05) is 40.5 Å². The van der Waals surface area contributed by atoms with Crippen molar-refractivity contribution < 1.29 is 9.47 Å². The van der Waals surface area contributed by atoms with Crippen LogP contribution in [0.3, 0.4) is 0 Å². The fraction of sp³-hybridized carbons (Fsp3) is 1.00. The van der Waals surface area contributed by atoms with Crippen molar-refractivity contribution in [3.63, 3.8) is 0 Å². The molecule has 4 nitrogen and oxygen atoms in total. The van der Waals surface area contributed by atoms with E-state index >= 15 is 0 Å². The zero-order chi connectivity index (χ0) is 13.1. The lowest BCUT2D eigenvalue weighted by Crippen LogP contribution is -2.42. The molecule has 0 radical (unpaired) electrons. The van der Waals surface area contributed by atoms with Crippen LogP contribution >= 0.6 is 0 Å². The number of hydrogen-bond donors (Lipinski definition) is 1. The second-order valence-corrected chi connectivity index (χ2v) is 4.98. The molecule has 0 amide bonds. The molecule has 0 heterocycles. The summed E-state index contributed by atoms with van der Waals surface area (Å²) in [5.41, 5.74) is 6.08. The molecule has 17 heavy (non-hydrogen) atoms. The molecule has 0 spiro atoms. The zero-order valence-electron chi connectivity index (χ0n) is 12.0. The van der Waals surface area contributed by atoms with Gasteiger partial charge in [-0.05, 0) is 24.8 Å². The average Bonchev–Trinajstić information content (AvgIpc) is 2.35. The van der Waals surface area contributed by atoms with Crippen molar-refractivity contribution in [1.82, 2.24) is 4.90 Å². The van der Waals surface area contributed by atoms with E-state index < -0.39 is 0 Å². The molecular formula is C13H30N2O2. The van der Waals surface area contributed by atoms with E-state index in [2.05, 4.69) is 18.7 Å². The van der Waals surface area contributed by atoms with E-state index in [4.69, 9.17) is 15.2 Å². The summed E-state index contributed by atoms with van der Waals surface area (Å²) in [7, 11) is 3.49. The summed E-state index contributed by atoms with van der Waals surface area (Å²) in [6, 6.07) is 0. The average molecular weight is 246 g/mol. The minimum atomic E-state index is 0.209. The van der Waals surface area contributed by atoms with Crippen LogP contribution in [0.5, 0.6) is 0 Å². The van der Waals surface area contributed by atoms with Gasteiger partial charge in [-0.3, -0.25) is 0 Å². The Balaban J connectivity index is 4.15. The molecular weight excluding hydrogens is 216 g/mol. The number of methoxy groups -OCH3 is 2. The Labute approximate surface area is 106 Å². The van der Waals surface area contributed by atoms with Gasteiger partial charge in [-0.15, -0.1) is 0 Å². The first-order valence-corrected chi connectivity index (χ1v) is 6.52. The molecule has 1 atom stereocenters. The number of nitrogens with zero attached hydrogens (tertiary/aromatic N) is 1. The van der Waals surface area contributed by atoms with Gasteiger partial charge < -0.3 is 20.1 Å². The van der Waals surface area contributed by atoms with Crippen LogP contribution in [-0.4, -0.2) is 58.5 Å². The molecule has 0 saturated heterocycles. The van der Waals surface area contributed by atoms with Gasteiger partial charge in [0.25, 0.3) is 0 Å². The molecule has 0 saturated carbocycles. The molecule has 4 heteroatoms. The highest BCUT2D eigenvalue weighted by Crippen LogP contribution is 2.20. The van der Waals surface area contributed by atoms with Gasteiger partial charge >= 0.3 is 0 Å². The Morgan fingerprint density at radius 2 is 1.76 bits per heavy atom. The molecule has 0 rings (SSSR count). The van der Waals surface area contributed by atoms with Gasteiger partial charge in [0.15, 0.2) is 0 Å². The van der Waals surface area contributed by atoms with E-state index in [1.54, 1.807) is 14.2 Å². The predicted molar refractivity (Wildman–Crippen MR) is 72.3 cm³/mol. The normalized spacial score (nSPS) is 15.2. The van der Waals surface area contributed by atoms with Crippen LogP contribution in [0.15, 0.2) is 0 Å².